The van der Waals surface area contributed by atoms with Gasteiger partial charge in [-0.1, -0.05) is 6.07 Å². The number of phenolic OH excluding ortho intramolecular Hbond substituents is 1. The Morgan fingerprint density at radius 2 is 1.91 bits per heavy atom. The highest BCUT2D eigenvalue weighted by Crippen LogP contribution is 2.51. The van der Waals surface area contributed by atoms with Crippen molar-refractivity contribution in [1.82, 2.24) is 15.1 Å². The van der Waals surface area contributed by atoms with E-state index in [0.717, 1.165) is 0 Å². The Morgan fingerprint density at radius 1 is 1.20 bits per heavy atom. The Bertz CT molecular complexity index is 1300. The zero-order valence-corrected chi connectivity index (χ0v) is 19.0. The fraction of sp³-hybridized carbons (Fsp3) is 0.417. The summed E-state index contributed by atoms with van der Waals surface area (Å²) in [5, 5.41) is 28.7. The third kappa shape index (κ3) is 2.98. The summed E-state index contributed by atoms with van der Waals surface area (Å²) in [6.45, 7) is 0. The van der Waals surface area contributed by atoms with Gasteiger partial charge in [-0.05, 0) is 50.0 Å². The van der Waals surface area contributed by atoms with E-state index in [1.54, 1.807) is 32.6 Å². The van der Waals surface area contributed by atoms with Gasteiger partial charge in [-0.2, -0.15) is 5.10 Å². The van der Waals surface area contributed by atoms with Crippen LogP contribution in [-0.2, 0) is 25.6 Å². The monoisotopic (exact) mass is 480 g/mol. The molecule has 0 spiro atoms. The number of carbonyl (C=O) groups excluding carboxylic acids is 5. The molecule has 11 nitrogen and oxygen atoms in total. The van der Waals surface area contributed by atoms with Crippen molar-refractivity contribution in [3.05, 3.63) is 35.7 Å². The van der Waals surface area contributed by atoms with E-state index in [2.05, 4.69) is 10.2 Å². The molecule has 0 radical (unpaired) electrons. The molecule has 2 saturated carbocycles. The highest BCUT2D eigenvalue weighted by Gasteiger charge is 2.69. The van der Waals surface area contributed by atoms with Gasteiger partial charge in [0.1, 0.15) is 5.75 Å². The standard InChI is InChI=1S/C24H24N4O7/c1-28(2)18-13-6-9-5-12-11(10-7-26-27-8-10)3-4-14(29)16(12)19(30)15(9)21(32)24(13,35)22(33)17(20(18)31)23(25)34/h3-4,7-9,13,15,17-18,29,35H,5-6H2,1-2H3,(H2,25,34)(H,26,27)/t9-,13-,15?,17?,18-,24-/m0/s1. The first kappa shape index (κ1) is 23.1. The lowest BCUT2D eigenvalue weighted by Crippen LogP contribution is -2.74. The molecule has 2 fully saturated rings. The van der Waals surface area contributed by atoms with Gasteiger partial charge in [0.2, 0.25) is 5.91 Å². The Hall–Kier alpha value is -3.70. The Balaban J connectivity index is 1.67. The molecule has 2 aromatic rings. The number of aromatic hydroxyl groups is 1. The number of carbonyl (C=O) groups is 5. The first-order valence-corrected chi connectivity index (χ1v) is 11.2. The van der Waals surface area contributed by atoms with Crippen LogP contribution in [0.1, 0.15) is 22.3 Å². The Morgan fingerprint density at radius 3 is 2.51 bits per heavy atom. The van der Waals surface area contributed by atoms with E-state index in [0.29, 0.717) is 16.7 Å². The molecule has 0 aliphatic heterocycles. The second-order valence-corrected chi connectivity index (χ2v) is 9.76. The number of benzene rings is 1. The maximum Gasteiger partial charge on any atom is 0.235 e. The number of phenols is 1. The summed E-state index contributed by atoms with van der Waals surface area (Å²) < 4.78 is 0. The number of aromatic amines is 1. The molecule has 1 aromatic heterocycles. The quantitative estimate of drug-likeness (QED) is 0.411. The van der Waals surface area contributed by atoms with E-state index in [1.807, 2.05) is 0 Å². The van der Waals surface area contributed by atoms with Gasteiger partial charge in [0.05, 0.1) is 23.7 Å². The first-order chi connectivity index (χ1) is 16.5. The predicted molar refractivity (Wildman–Crippen MR) is 119 cm³/mol. The topological polar surface area (TPSA) is 184 Å². The van der Waals surface area contributed by atoms with Crippen LogP contribution in [-0.4, -0.2) is 80.1 Å². The summed E-state index contributed by atoms with van der Waals surface area (Å²) in [6.07, 6.45) is 3.40. The number of Topliss-reactive ketones (excluding diaryl/α,β-unsaturated/α-hetero) is 4. The van der Waals surface area contributed by atoms with Crippen molar-refractivity contribution < 1.29 is 34.2 Å². The highest BCUT2D eigenvalue weighted by atomic mass is 16.3. The van der Waals surface area contributed by atoms with Crippen LogP contribution in [0.4, 0.5) is 0 Å². The maximum atomic E-state index is 13.7. The number of fused-ring (bicyclic) bond motifs is 3. The second kappa shape index (κ2) is 7.65. The maximum absolute atomic E-state index is 13.7. The van der Waals surface area contributed by atoms with Crippen LogP contribution < -0.4 is 5.73 Å². The average Bonchev–Trinajstić information content (AvgIpc) is 3.30. The van der Waals surface area contributed by atoms with Crippen molar-refractivity contribution in [2.75, 3.05) is 14.1 Å². The Kier molecular flexibility index (Phi) is 5.04. The van der Waals surface area contributed by atoms with E-state index >= 15 is 0 Å². The summed E-state index contributed by atoms with van der Waals surface area (Å²) in [7, 11) is 3.09. The van der Waals surface area contributed by atoms with Gasteiger partial charge in [-0.15, -0.1) is 0 Å². The number of likely N-dealkylation sites (N-methyl/N-ethyl adjacent to an activating group) is 1. The average molecular weight is 480 g/mol. The number of H-pyrrole nitrogens is 1. The number of ketones is 4. The number of rotatable bonds is 3. The van der Waals surface area contributed by atoms with Gasteiger partial charge in [0.15, 0.2) is 34.7 Å². The van der Waals surface area contributed by atoms with E-state index in [1.165, 1.54) is 11.0 Å². The van der Waals surface area contributed by atoms with Crippen molar-refractivity contribution in [3.63, 3.8) is 0 Å². The third-order valence-electron chi connectivity index (χ3n) is 7.75. The molecular formula is C24H24N4O7. The predicted octanol–water partition coefficient (Wildman–Crippen LogP) is -0.743. The lowest BCUT2D eigenvalue weighted by molar-refractivity contribution is -0.181. The first-order valence-electron chi connectivity index (χ1n) is 11.2. The van der Waals surface area contributed by atoms with Gasteiger partial charge in [0.25, 0.3) is 0 Å². The number of aliphatic hydroxyl groups is 1. The number of hydrogen-bond acceptors (Lipinski definition) is 9. The van der Waals surface area contributed by atoms with E-state index in [9.17, 15) is 34.2 Å². The number of primary amides is 1. The van der Waals surface area contributed by atoms with Gasteiger partial charge in [-0.25, -0.2) is 0 Å². The van der Waals surface area contributed by atoms with Crippen LogP contribution in [0.15, 0.2) is 24.5 Å². The van der Waals surface area contributed by atoms with Gasteiger partial charge in [0, 0.05) is 17.7 Å². The van der Waals surface area contributed by atoms with Crippen molar-refractivity contribution >= 4 is 29.0 Å². The highest BCUT2D eigenvalue weighted by molar-refractivity contribution is 6.32. The molecule has 1 amide bonds. The van der Waals surface area contributed by atoms with Crippen molar-refractivity contribution in [3.8, 4) is 16.9 Å². The van der Waals surface area contributed by atoms with Crippen LogP contribution in [0.2, 0.25) is 0 Å². The largest absolute Gasteiger partial charge is 0.507 e. The normalized spacial score (nSPS) is 32.3. The molecule has 35 heavy (non-hydrogen) atoms. The minimum atomic E-state index is -2.73. The summed E-state index contributed by atoms with van der Waals surface area (Å²) in [5.74, 6) is -10.6. The summed E-state index contributed by atoms with van der Waals surface area (Å²) >= 11 is 0. The van der Waals surface area contributed by atoms with Crippen molar-refractivity contribution in [1.29, 1.82) is 0 Å². The molecule has 0 saturated heterocycles. The van der Waals surface area contributed by atoms with E-state index in [4.69, 9.17) is 5.73 Å². The van der Waals surface area contributed by atoms with E-state index in [-0.39, 0.29) is 24.2 Å². The van der Waals surface area contributed by atoms with Gasteiger partial charge in [-0.3, -0.25) is 34.0 Å². The molecule has 11 heteroatoms. The van der Waals surface area contributed by atoms with Crippen molar-refractivity contribution in [2.45, 2.75) is 24.5 Å². The molecule has 1 heterocycles. The fourth-order valence-corrected chi connectivity index (χ4v) is 6.27. The van der Waals surface area contributed by atoms with Crippen LogP contribution in [0.5, 0.6) is 5.75 Å². The van der Waals surface area contributed by atoms with Crippen LogP contribution in [0.3, 0.4) is 0 Å². The number of nitrogens with two attached hydrogens (primary N) is 1. The molecule has 0 bridgehead atoms. The Labute approximate surface area is 199 Å². The summed E-state index contributed by atoms with van der Waals surface area (Å²) in [4.78, 5) is 67.2. The molecule has 5 N–H and O–H groups in total. The SMILES string of the molecule is CN(C)[C@@H]1C(=O)C(C(N)=O)C(=O)[C@@]2(O)C(=O)C3C(=O)c4c(O)ccc(-c5cn[nH]c5)c4C[C@H]3C[C@@H]12. The smallest absolute Gasteiger partial charge is 0.235 e. The molecule has 1 aromatic carbocycles. The molecule has 182 valence electrons. The van der Waals surface area contributed by atoms with Crippen molar-refractivity contribution in [2.24, 2.45) is 29.4 Å². The molecule has 3 aliphatic rings. The van der Waals surface area contributed by atoms with Gasteiger partial charge >= 0.3 is 0 Å². The second-order valence-electron chi connectivity index (χ2n) is 9.76. The molecule has 3 aliphatic carbocycles. The lowest BCUT2D eigenvalue weighted by Gasteiger charge is -2.52. The zero-order chi connectivity index (χ0) is 25.4. The van der Waals surface area contributed by atoms with Gasteiger partial charge < -0.3 is 15.9 Å². The molecule has 6 atom stereocenters. The van der Waals surface area contributed by atoms with Crippen LogP contribution in [0, 0.1) is 23.7 Å². The number of aromatic nitrogens is 2. The lowest BCUT2D eigenvalue weighted by atomic mass is 9.52. The third-order valence-corrected chi connectivity index (χ3v) is 7.75. The molecule has 5 rings (SSSR count). The fourth-order valence-electron chi connectivity index (χ4n) is 6.27. The minimum absolute atomic E-state index is 0.00434. The molecule has 2 unspecified atom stereocenters. The number of nitrogens with one attached hydrogen (secondary N) is 1. The number of nitrogens with zero attached hydrogens (tertiary/aromatic N) is 2. The van der Waals surface area contributed by atoms with E-state index < -0.39 is 64.4 Å². The minimum Gasteiger partial charge on any atom is -0.507 e. The van der Waals surface area contributed by atoms with Crippen LogP contribution >= 0.6 is 0 Å². The number of hydrogen-bond donors (Lipinski definition) is 4. The zero-order valence-electron chi connectivity index (χ0n) is 19.0. The summed E-state index contributed by atoms with van der Waals surface area (Å²) in [5.41, 5.74) is 4.41. The summed E-state index contributed by atoms with van der Waals surface area (Å²) in [6, 6.07) is 1.87. The van der Waals surface area contributed by atoms with Crippen LogP contribution in [0.25, 0.3) is 11.1 Å². The molecular weight excluding hydrogens is 456 g/mol. The number of amides is 1.